The van der Waals surface area contributed by atoms with E-state index in [4.69, 9.17) is 11.6 Å². The fraction of sp³-hybridized carbons (Fsp3) is 0.500. The maximum atomic E-state index is 11.1. The summed E-state index contributed by atoms with van der Waals surface area (Å²) in [7, 11) is -3.34. The summed E-state index contributed by atoms with van der Waals surface area (Å²) in [5, 5.41) is 0.151. The van der Waals surface area contributed by atoms with E-state index in [1.165, 1.54) is 0 Å². The number of hydrogen-bond acceptors (Lipinski definition) is 3. The lowest BCUT2D eigenvalue weighted by molar-refractivity contribution is 0.587. The van der Waals surface area contributed by atoms with Crippen molar-refractivity contribution in [3.63, 3.8) is 0 Å². The number of anilines is 1. The lowest BCUT2D eigenvalue weighted by atomic mass is 9.88. The number of nitrogens with one attached hydrogen (secondary N) is 1. The Kier molecular flexibility index (Phi) is 3.50. The first-order valence-corrected chi connectivity index (χ1v) is 7.00. The molecule has 0 unspecified atom stereocenters. The second-order valence-electron chi connectivity index (χ2n) is 4.69. The predicted octanol–water partition coefficient (Wildman–Crippen LogP) is 2.40. The van der Waals surface area contributed by atoms with Crippen molar-refractivity contribution in [1.29, 1.82) is 0 Å². The lowest BCUT2D eigenvalue weighted by Gasteiger charge is -2.19. The van der Waals surface area contributed by atoms with Crippen LogP contribution < -0.4 is 4.72 Å². The highest BCUT2D eigenvalue weighted by molar-refractivity contribution is 7.92. The van der Waals surface area contributed by atoms with Gasteiger partial charge in [0.2, 0.25) is 10.0 Å². The Morgan fingerprint density at radius 1 is 1.38 bits per heavy atom. The monoisotopic (exact) mass is 262 g/mol. The average Bonchev–Trinajstić information content (AvgIpc) is 2.04. The molecule has 0 bridgehead atoms. The highest BCUT2D eigenvalue weighted by Crippen LogP contribution is 2.28. The molecule has 16 heavy (non-hydrogen) atoms. The number of halogens is 1. The summed E-state index contributed by atoms with van der Waals surface area (Å²) < 4.78 is 24.6. The van der Waals surface area contributed by atoms with Crippen molar-refractivity contribution in [2.45, 2.75) is 26.2 Å². The molecule has 0 fully saturated rings. The van der Waals surface area contributed by atoms with Crippen molar-refractivity contribution in [2.24, 2.45) is 0 Å². The first kappa shape index (κ1) is 13.3. The van der Waals surface area contributed by atoms with E-state index in [-0.39, 0.29) is 10.6 Å². The van der Waals surface area contributed by atoms with E-state index in [0.29, 0.717) is 5.69 Å². The van der Waals surface area contributed by atoms with E-state index >= 15 is 0 Å². The Morgan fingerprint density at radius 3 is 2.38 bits per heavy atom. The van der Waals surface area contributed by atoms with Crippen LogP contribution in [0.4, 0.5) is 5.69 Å². The molecule has 0 radical (unpaired) electrons. The first-order chi connectivity index (χ1) is 7.09. The van der Waals surface area contributed by atoms with Gasteiger partial charge < -0.3 is 0 Å². The fourth-order valence-corrected chi connectivity index (χ4v) is 1.89. The van der Waals surface area contributed by atoms with Gasteiger partial charge in [-0.1, -0.05) is 32.4 Å². The van der Waals surface area contributed by atoms with Gasteiger partial charge in [-0.3, -0.25) is 4.72 Å². The van der Waals surface area contributed by atoms with E-state index in [9.17, 15) is 8.42 Å². The Morgan fingerprint density at radius 2 is 1.94 bits per heavy atom. The molecule has 1 rings (SSSR count). The van der Waals surface area contributed by atoms with E-state index in [0.717, 1.165) is 11.8 Å². The van der Waals surface area contributed by atoms with Crippen LogP contribution in [0, 0.1) is 0 Å². The molecule has 0 amide bonds. The molecule has 0 aliphatic carbocycles. The maximum absolute atomic E-state index is 11.1. The van der Waals surface area contributed by atoms with Crippen molar-refractivity contribution >= 4 is 27.3 Å². The third-order valence-electron chi connectivity index (χ3n) is 2.00. The van der Waals surface area contributed by atoms with Crippen LogP contribution in [0.25, 0.3) is 0 Å². The van der Waals surface area contributed by atoms with Crippen molar-refractivity contribution in [1.82, 2.24) is 4.98 Å². The summed E-state index contributed by atoms with van der Waals surface area (Å²) in [5.41, 5.74) is 1.13. The van der Waals surface area contributed by atoms with Gasteiger partial charge in [0, 0.05) is 6.20 Å². The molecule has 90 valence electrons. The number of aromatic nitrogens is 1. The Bertz CT molecular complexity index is 492. The highest BCUT2D eigenvalue weighted by atomic mass is 35.5. The molecule has 0 aliphatic rings. The largest absolute Gasteiger partial charge is 0.281 e. The summed E-state index contributed by atoms with van der Waals surface area (Å²) in [5.74, 6) is 0. The van der Waals surface area contributed by atoms with Gasteiger partial charge in [-0.05, 0) is 17.0 Å². The van der Waals surface area contributed by atoms with E-state index in [1.807, 2.05) is 20.8 Å². The molecule has 1 heterocycles. The summed E-state index contributed by atoms with van der Waals surface area (Å²) in [6.45, 7) is 6.05. The number of sulfonamides is 1. The molecule has 4 nitrogen and oxygen atoms in total. The zero-order valence-electron chi connectivity index (χ0n) is 9.70. The molecule has 6 heteroatoms. The molecular weight excluding hydrogens is 248 g/mol. The van der Waals surface area contributed by atoms with E-state index in [1.54, 1.807) is 12.3 Å². The van der Waals surface area contributed by atoms with Crippen molar-refractivity contribution < 1.29 is 8.42 Å². The van der Waals surface area contributed by atoms with Gasteiger partial charge in [0.05, 0.1) is 11.9 Å². The minimum absolute atomic E-state index is 0.106. The molecule has 0 aromatic carbocycles. The third-order valence-corrected chi connectivity index (χ3v) is 2.89. The topological polar surface area (TPSA) is 59.1 Å². The summed E-state index contributed by atoms with van der Waals surface area (Å²) in [6.07, 6.45) is 2.73. The highest BCUT2D eigenvalue weighted by Gasteiger charge is 2.17. The lowest BCUT2D eigenvalue weighted by Crippen LogP contribution is -2.15. The number of pyridine rings is 1. The van der Waals surface area contributed by atoms with Gasteiger partial charge in [0.15, 0.2) is 5.15 Å². The van der Waals surface area contributed by atoms with E-state index in [2.05, 4.69) is 9.71 Å². The summed E-state index contributed by atoms with van der Waals surface area (Å²) in [4.78, 5) is 3.97. The fourth-order valence-electron chi connectivity index (χ4n) is 1.13. The molecule has 0 aliphatic heterocycles. The predicted molar refractivity (Wildman–Crippen MR) is 66.4 cm³/mol. The van der Waals surface area contributed by atoms with Gasteiger partial charge in [-0.15, -0.1) is 0 Å². The van der Waals surface area contributed by atoms with Gasteiger partial charge in [-0.2, -0.15) is 0 Å². The Labute approximate surface area is 101 Å². The van der Waals surface area contributed by atoms with Crippen molar-refractivity contribution in [2.75, 3.05) is 11.0 Å². The van der Waals surface area contributed by atoms with Crippen LogP contribution in [0.15, 0.2) is 12.3 Å². The minimum Gasteiger partial charge on any atom is -0.281 e. The zero-order valence-corrected chi connectivity index (χ0v) is 11.3. The van der Waals surface area contributed by atoms with Gasteiger partial charge in [0.25, 0.3) is 0 Å². The SMILES string of the molecule is CC(C)(C)c1cnc(Cl)c(NS(C)(=O)=O)c1. The normalized spacial score (nSPS) is 12.6. The molecular formula is C10H15ClN2O2S. The molecule has 0 saturated carbocycles. The summed E-state index contributed by atoms with van der Waals surface area (Å²) >= 11 is 5.81. The van der Waals surface area contributed by atoms with Crippen LogP contribution >= 0.6 is 11.6 Å². The second-order valence-corrected chi connectivity index (χ2v) is 6.79. The van der Waals surface area contributed by atoms with Gasteiger partial charge in [-0.25, -0.2) is 13.4 Å². The van der Waals surface area contributed by atoms with Crippen molar-refractivity contribution in [3.8, 4) is 0 Å². The third kappa shape index (κ3) is 3.64. The zero-order chi connectivity index (χ0) is 12.6. The average molecular weight is 263 g/mol. The van der Waals surface area contributed by atoms with Crippen LogP contribution in [-0.4, -0.2) is 19.7 Å². The van der Waals surface area contributed by atoms with E-state index < -0.39 is 10.0 Å². The van der Waals surface area contributed by atoms with Crippen LogP contribution in [0.5, 0.6) is 0 Å². The second kappa shape index (κ2) is 4.22. The summed E-state index contributed by atoms with van der Waals surface area (Å²) in [6, 6.07) is 1.70. The number of rotatable bonds is 2. The molecule has 0 atom stereocenters. The van der Waals surface area contributed by atoms with Gasteiger partial charge >= 0.3 is 0 Å². The number of hydrogen-bond donors (Lipinski definition) is 1. The molecule has 0 saturated heterocycles. The minimum atomic E-state index is -3.34. The standard InChI is InChI=1S/C10H15ClN2O2S/c1-10(2,3)7-5-8(9(11)12-6-7)13-16(4,14)15/h5-6,13H,1-4H3. The Balaban J connectivity index is 3.20. The van der Waals surface area contributed by atoms with Crippen LogP contribution in [0.3, 0.4) is 0 Å². The van der Waals surface area contributed by atoms with Gasteiger partial charge in [0.1, 0.15) is 0 Å². The van der Waals surface area contributed by atoms with Crippen LogP contribution in [0.1, 0.15) is 26.3 Å². The number of nitrogens with zero attached hydrogens (tertiary/aromatic N) is 1. The molecule has 1 N–H and O–H groups in total. The Hall–Kier alpha value is -0.810. The molecule has 0 spiro atoms. The molecule has 1 aromatic rings. The first-order valence-electron chi connectivity index (χ1n) is 4.73. The van der Waals surface area contributed by atoms with Crippen molar-refractivity contribution in [3.05, 3.63) is 23.0 Å². The van der Waals surface area contributed by atoms with Crippen LogP contribution in [0.2, 0.25) is 5.15 Å². The quantitative estimate of drug-likeness (QED) is 0.833. The maximum Gasteiger partial charge on any atom is 0.229 e. The van der Waals surface area contributed by atoms with Crippen LogP contribution in [-0.2, 0) is 15.4 Å². The molecule has 1 aromatic heterocycles. The smallest absolute Gasteiger partial charge is 0.229 e.